The first-order valence-electron chi connectivity index (χ1n) is 8.07. The van der Waals surface area contributed by atoms with Gasteiger partial charge in [0, 0.05) is 15.9 Å². The van der Waals surface area contributed by atoms with E-state index in [-0.39, 0.29) is 5.91 Å². The van der Waals surface area contributed by atoms with E-state index in [9.17, 15) is 4.79 Å². The number of hydrogen-bond acceptors (Lipinski definition) is 4. The van der Waals surface area contributed by atoms with Crippen LogP contribution in [-0.4, -0.2) is 24.9 Å². The molecule has 1 aliphatic rings. The second-order valence-corrected chi connectivity index (χ2v) is 7.78. The van der Waals surface area contributed by atoms with Crippen molar-refractivity contribution in [3.63, 3.8) is 0 Å². The van der Waals surface area contributed by atoms with Gasteiger partial charge in [0.15, 0.2) is 11.5 Å². The minimum absolute atomic E-state index is 0.0138. The topological polar surface area (TPSA) is 47.6 Å². The van der Waals surface area contributed by atoms with Crippen LogP contribution in [0.3, 0.4) is 0 Å². The molecule has 0 bridgehead atoms. The van der Waals surface area contributed by atoms with E-state index >= 15 is 0 Å². The molecule has 1 heterocycles. The lowest BCUT2D eigenvalue weighted by atomic mass is 10.2. The van der Waals surface area contributed by atoms with Gasteiger partial charge in [0.05, 0.1) is 5.75 Å². The Morgan fingerprint density at radius 1 is 1.12 bits per heavy atom. The molecule has 2 aromatic carbocycles. The largest absolute Gasteiger partial charge is 0.486 e. The molecular formula is C19H20BrNO3S. The fraction of sp³-hybridized carbons (Fsp3) is 0.316. The number of hydrogen-bond donors (Lipinski definition) is 1. The number of amides is 1. The summed E-state index contributed by atoms with van der Waals surface area (Å²) in [6, 6.07) is 9.95. The average Bonchev–Trinajstić information content (AvgIpc) is 2.61. The van der Waals surface area contributed by atoms with Crippen LogP contribution in [0, 0.1) is 13.8 Å². The molecule has 0 fully saturated rings. The van der Waals surface area contributed by atoms with Crippen LogP contribution in [-0.2, 0) is 11.3 Å². The fourth-order valence-electron chi connectivity index (χ4n) is 2.50. The molecular weight excluding hydrogens is 402 g/mol. The number of fused-ring (bicyclic) bond motifs is 1. The zero-order chi connectivity index (χ0) is 17.8. The number of carbonyl (C=O) groups excluding carboxylic acids is 1. The third-order valence-electron chi connectivity index (χ3n) is 3.91. The van der Waals surface area contributed by atoms with Crippen LogP contribution >= 0.6 is 27.7 Å². The molecule has 0 spiro atoms. The molecule has 1 amide bonds. The molecule has 3 rings (SSSR count). The van der Waals surface area contributed by atoms with Crippen molar-refractivity contribution in [1.29, 1.82) is 0 Å². The number of carbonyl (C=O) groups is 1. The highest BCUT2D eigenvalue weighted by atomic mass is 79.9. The molecule has 0 aliphatic carbocycles. The van der Waals surface area contributed by atoms with E-state index in [0.29, 0.717) is 25.5 Å². The third kappa shape index (κ3) is 4.70. The number of nitrogens with one attached hydrogen (secondary N) is 1. The summed E-state index contributed by atoms with van der Waals surface area (Å²) in [7, 11) is 0. The van der Waals surface area contributed by atoms with Crippen LogP contribution in [0.1, 0.15) is 16.7 Å². The summed E-state index contributed by atoms with van der Waals surface area (Å²) >= 11 is 5.09. The standard InChI is InChI=1S/C19H20BrNO3S/c1-12-8-18(13(2)7-15(12)20)25-11-19(22)21-10-14-3-4-16-17(9-14)24-6-5-23-16/h3-4,7-9H,5-6,10-11H2,1-2H3,(H,21,22). The lowest BCUT2D eigenvalue weighted by Crippen LogP contribution is -2.24. The van der Waals surface area contributed by atoms with Gasteiger partial charge in [-0.2, -0.15) is 0 Å². The van der Waals surface area contributed by atoms with Gasteiger partial charge in [-0.25, -0.2) is 0 Å². The van der Waals surface area contributed by atoms with Gasteiger partial charge in [0.1, 0.15) is 13.2 Å². The zero-order valence-corrected chi connectivity index (χ0v) is 16.6. The SMILES string of the molecule is Cc1cc(SCC(=O)NCc2ccc3c(c2)OCCO3)c(C)cc1Br. The predicted octanol–water partition coefficient (Wildman–Crippen LogP) is 4.25. The highest BCUT2D eigenvalue weighted by Crippen LogP contribution is 2.31. The van der Waals surface area contributed by atoms with E-state index in [1.165, 1.54) is 11.1 Å². The lowest BCUT2D eigenvalue weighted by Gasteiger charge is -2.19. The van der Waals surface area contributed by atoms with Crippen LogP contribution < -0.4 is 14.8 Å². The number of thioether (sulfide) groups is 1. The van der Waals surface area contributed by atoms with E-state index in [1.807, 2.05) is 18.2 Å². The highest BCUT2D eigenvalue weighted by Gasteiger charge is 2.12. The maximum atomic E-state index is 12.1. The minimum Gasteiger partial charge on any atom is -0.486 e. The zero-order valence-electron chi connectivity index (χ0n) is 14.2. The van der Waals surface area contributed by atoms with Gasteiger partial charge in [-0.1, -0.05) is 22.0 Å². The quantitative estimate of drug-likeness (QED) is 0.733. The van der Waals surface area contributed by atoms with Crippen molar-refractivity contribution in [1.82, 2.24) is 5.32 Å². The Kier molecular flexibility index (Phi) is 5.91. The first-order valence-corrected chi connectivity index (χ1v) is 9.85. The van der Waals surface area contributed by atoms with Gasteiger partial charge in [0.2, 0.25) is 5.91 Å². The Labute approximate surface area is 160 Å². The van der Waals surface area contributed by atoms with Crippen LogP contribution in [0.5, 0.6) is 11.5 Å². The molecule has 0 saturated heterocycles. The monoisotopic (exact) mass is 421 g/mol. The molecule has 2 aromatic rings. The molecule has 1 aliphatic heterocycles. The Morgan fingerprint density at radius 2 is 1.88 bits per heavy atom. The second kappa shape index (κ2) is 8.15. The third-order valence-corrected chi connectivity index (χ3v) is 5.92. The van der Waals surface area contributed by atoms with Crippen molar-refractivity contribution in [2.24, 2.45) is 0 Å². The smallest absolute Gasteiger partial charge is 0.230 e. The Bertz CT molecular complexity index is 794. The van der Waals surface area contributed by atoms with E-state index < -0.39 is 0 Å². The van der Waals surface area contributed by atoms with Gasteiger partial charge in [0.25, 0.3) is 0 Å². The Hall–Kier alpha value is -1.66. The molecule has 4 nitrogen and oxygen atoms in total. The van der Waals surface area contributed by atoms with Crippen molar-refractivity contribution in [2.45, 2.75) is 25.3 Å². The first-order chi connectivity index (χ1) is 12.0. The van der Waals surface area contributed by atoms with Crippen LogP contribution in [0.2, 0.25) is 0 Å². The summed E-state index contributed by atoms with van der Waals surface area (Å²) in [5, 5.41) is 2.96. The van der Waals surface area contributed by atoms with Crippen LogP contribution in [0.4, 0.5) is 0 Å². The highest BCUT2D eigenvalue weighted by molar-refractivity contribution is 9.10. The van der Waals surface area contributed by atoms with E-state index in [2.05, 4.69) is 47.2 Å². The number of ether oxygens (including phenoxy) is 2. The van der Waals surface area contributed by atoms with Gasteiger partial charge in [-0.05, 0) is 54.8 Å². The molecule has 132 valence electrons. The molecule has 6 heteroatoms. The molecule has 1 N–H and O–H groups in total. The van der Waals surface area contributed by atoms with Gasteiger partial charge >= 0.3 is 0 Å². The molecule has 0 unspecified atom stereocenters. The first kappa shape index (κ1) is 18.1. The van der Waals surface area contributed by atoms with E-state index in [1.54, 1.807) is 11.8 Å². The predicted molar refractivity (Wildman–Crippen MR) is 104 cm³/mol. The number of halogens is 1. The second-order valence-electron chi connectivity index (χ2n) is 5.91. The Balaban J connectivity index is 1.52. The maximum absolute atomic E-state index is 12.1. The molecule has 0 aromatic heterocycles. The lowest BCUT2D eigenvalue weighted by molar-refractivity contribution is -0.118. The van der Waals surface area contributed by atoms with Gasteiger partial charge in [-0.3, -0.25) is 4.79 Å². The van der Waals surface area contributed by atoms with E-state index in [0.717, 1.165) is 26.4 Å². The van der Waals surface area contributed by atoms with Crippen LogP contribution in [0.25, 0.3) is 0 Å². The average molecular weight is 422 g/mol. The summed E-state index contributed by atoms with van der Waals surface area (Å²) in [6.45, 7) is 5.73. The van der Waals surface area contributed by atoms with Crippen molar-refractivity contribution in [3.05, 3.63) is 51.5 Å². The number of aryl methyl sites for hydroxylation is 2. The molecule has 0 saturated carbocycles. The van der Waals surface area contributed by atoms with Crippen LogP contribution in [0.15, 0.2) is 39.7 Å². The van der Waals surface area contributed by atoms with Gasteiger partial charge < -0.3 is 14.8 Å². The minimum atomic E-state index is 0.0138. The number of benzene rings is 2. The number of rotatable bonds is 5. The summed E-state index contributed by atoms with van der Waals surface area (Å²) in [6.07, 6.45) is 0. The summed E-state index contributed by atoms with van der Waals surface area (Å²) < 4.78 is 12.2. The normalized spacial score (nSPS) is 12.8. The maximum Gasteiger partial charge on any atom is 0.230 e. The van der Waals surface area contributed by atoms with Crippen molar-refractivity contribution >= 4 is 33.6 Å². The Morgan fingerprint density at radius 3 is 2.68 bits per heavy atom. The van der Waals surface area contributed by atoms with Crippen molar-refractivity contribution < 1.29 is 14.3 Å². The molecule has 0 atom stereocenters. The molecule has 25 heavy (non-hydrogen) atoms. The molecule has 0 radical (unpaired) electrons. The summed E-state index contributed by atoms with van der Waals surface area (Å²) in [5.74, 6) is 1.91. The summed E-state index contributed by atoms with van der Waals surface area (Å²) in [4.78, 5) is 13.3. The van der Waals surface area contributed by atoms with Crippen molar-refractivity contribution in [3.8, 4) is 11.5 Å². The van der Waals surface area contributed by atoms with Crippen molar-refractivity contribution in [2.75, 3.05) is 19.0 Å². The van der Waals surface area contributed by atoms with Gasteiger partial charge in [-0.15, -0.1) is 11.8 Å². The summed E-state index contributed by atoms with van der Waals surface area (Å²) in [5.41, 5.74) is 3.34. The fourth-order valence-corrected chi connectivity index (χ4v) is 3.90. The van der Waals surface area contributed by atoms with E-state index in [4.69, 9.17) is 9.47 Å².